The fourth-order valence-electron chi connectivity index (χ4n) is 0.936. The van der Waals surface area contributed by atoms with Crippen molar-refractivity contribution in [1.82, 2.24) is 5.32 Å². The van der Waals surface area contributed by atoms with E-state index in [1.54, 1.807) is 0 Å². The van der Waals surface area contributed by atoms with Crippen molar-refractivity contribution in [2.75, 3.05) is 20.2 Å². The first kappa shape index (κ1) is 11.9. The Hall–Kier alpha value is -1.12. The van der Waals surface area contributed by atoms with E-state index in [2.05, 4.69) is 10.1 Å². The van der Waals surface area contributed by atoms with Crippen LogP contribution in [0, 0.1) is 11.3 Å². The number of hydrogen-bond donors (Lipinski definition) is 2. The number of nitrogens with one attached hydrogen (secondary N) is 1. The molecule has 0 fully saturated rings. The summed E-state index contributed by atoms with van der Waals surface area (Å²) in [5, 5.41) is 11.1. The van der Waals surface area contributed by atoms with Gasteiger partial charge in [-0.05, 0) is 19.4 Å². The van der Waals surface area contributed by atoms with Crippen molar-refractivity contribution in [2.45, 2.75) is 18.9 Å². The number of carbonyl (C=O) groups excluding carboxylic acids is 1. The van der Waals surface area contributed by atoms with E-state index in [9.17, 15) is 4.79 Å². The van der Waals surface area contributed by atoms with Crippen LogP contribution >= 0.6 is 0 Å². The van der Waals surface area contributed by atoms with Gasteiger partial charge in [0.25, 0.3) is 0 Å². The summed E-state index contributed by atoms with van der Waals surface area (Å²) >= 11 is 0. The van der Waals surface area contributed by atoms with Crippen molar-refractivity contribution in [3.8, 4) is 6.07 Å². The lowest BCUT2D eigenvalue weighted by Gasteiger charge is -2.13. The second kappa shape index (κ2) is 7.53. The van der Waals surface area contributed by atoms with Crippen LogP contribution in [0.5, 0.6) is 0 Å². The summed E-state index contributed by atoms with van der Waals surface area (Å²) < 4.78 is 4.55. The van der Waals surface area contributed by atoms with Gasteiger partial charge in [-0.3, -0.25) is 10.1 Å². The highest BCUT2D eigenvalue weighted by Gasteiger charge is 2.16. The van der Waals surface area contributed by atoms with Crippen LogP contribution in [-0.2, 0) is 9.53 Å². The lowest BCUT2D eigenvalue weighted by molar-refractivity contribution is -0.143. The van der Waals surface area contributed by atoms with E-state index in [4.69, 9.17) is 11.0 Å². The first-order chi connectivity index (χ1) is 6.26. The van der Waals surface area contributed by atoms with E-state index in [1.807, 2.05) is 6.07 Å². The van der Waals surface area contributed by atoms with Crippen LogP contribution in [0.15, 0.2) is 0 Å². The first-order valence-electron chi connectivity index (χ1n) is 4.14. The third kappa shape index (κ3) is 5.17. The predicted molar refractivity (Wildman–Crippen MR) is 47.7 cm³/mol. The molecule has 13 heavy (non-hydrogen) atoms. The third-order valence-electron chi connectivity index (χ3n) is 1.61. The van der Waals surface area contributed by atoms with Crippen molar-refractivity contribution in [3.05, 3.63) is 0 Å². The average Bonchev–Trinajstić information content (AvgIpc) is 2.17. The van der Waals surface area contributed by atoms with Gasteiger partial charge in [0.2, 0.25) is 0 Å². The molecule has 0 heterocycles. The van der Waals surface area contributed by atoms with Crippen LogP contribution in [0.1, 0.15) is 12.8 Å². The fourth-order valence-corrected chi connectivity index (χ4v) is 0.936. The summed E-state index contributed by atoms with van der Waals surface area (Å²) in [6.45, 7) is 0.673. The molecule has 1 atom stereocenters. The molecule has 0 saturated heterocycles. The second-order valence-electron chi connectivity index (χ2n) is 2.55. The van der Waals surface area contributed by atoms with Gasteiger partial charge in [0.05, 0.1) is 19.7 Å². The Bertz CT molecular complexity index is 188. The van der Waals surface area contributed by atoms with E-state index >= 15 is 0 Å². The van der Waals surface area contributed by atoms with Gasteiger partial charge in [-0.2, -0.15) is 5.26 Å². The molecule has 0 rings (SSSR count). The topological polar surface area (TPSA) is 88.1 Å². The lowest BCUT2D eigenvalue weighted by Crippen LogP contribution is -2.38. The van der Waals surface area contributed by atoms with Crippen molar-refractivity contribution in [1.29, 1.82) is 5.26 Å². The fraction of sp³-hybridized carbons (Fsp3) is 0.750. The van der Waals surface area contributed by atoms with Crippen LogP contribution < -0.4 is 11.1 Å². The standard InChI is InChI=1S/C8H15N3O2/c1-13-8(12)7(3-2-4-9)11-6-5-10/h7,11H,2-4,6,9H2,1H3. The Morgan fingerprint density at radius 1 is 1.77 bits per heavy atom. The van der Waals surface area contributed by atoms with Crippen LogP contribution in [0.2, 0.25) is 0 Å². The zero-order chi connectivity index (χ0) is 10.1. The molecule has 5 nitrogen and oxygen atoms in total. The normalized spacial score (nSPS) is 11.8. The number of nitrogens with two attached hydrogens (primary N) is 1. The van der Waals surface area contributed by atoms with Gasteiger partial charge >= 0.3 is 5.97 Å². The van der Waals surface area contributed by atoms with Gasteiger partial charge in [-0.15, -0.1) is 0 Å². The molecule has 5 heteroatoms. The largest absolute Gasteiger partial charge is 0.468 e. The van der Waals surface area contributed by atoms with E-state index in [1.165, 1.54) is 7.11 Å². The summed E-state index contributed by atoms with van der Waals surface area (Å²) in [6, 6.07) is 1.49. The molecule has 0 aromatic carbocycles. The number of hydrogen-bond acceptors (Lipinski definition) is 5. The van der Waals surface area contributed by atoms with Crippen LogP contribution in [-0.4, -0.2) is 32.2 Å². The van der Waals surface area contributed by atoms with Crippen LogP contribution in [0.4, 0.5) is 0 Å². The van der Waals surface area contributed by atoms with E-state index in [-0.39, 0.29) is 12.5 Å². The Kier molecular flexibility index (Phi) is 6.88. The molecule has 0 aliphatic rings. The number of carbonyl (C=O) groups is 1. The molecule has 0 aliphatic heterocycles. The minimum Gasteiger partial charge on any atom is -0.468 e. The Labute approximate surface area is 77.9 Å². The summed E-state index contributed by atoms with van der Waals surface area (Å²) in [5.74, 6) is -0.344. The molecule has 1 unspecified atom stereocenters. The number of rotatable bonds is 6. The number of nitrogens with zero attached hydrogens (tertiary/aromatic N) is 1. The molecular formula is C8H15N3O2. The van der Waals surface area contributed by atoms with Gasteiger partial charge in [-0.25, -0.2) is 0 Å². The minimum atomic E-state index is -0.409. The Morgan fingerprint density at radius 2 is 2.46 bits per heavy atom. The maximum absolute atomic E-state index is 11.1. The van der Waals surface area contributed by atoms with Gasteiger partial charge < -0.3 is 10.5 Å². The monoisotopic (exact) mass is 185 g/mol. The Morgan fingerprint density at radius 3 is 2.92 bits per heavy atom. The van der Waals surface area contributed by atoms with E-state index in [0.717, 1.165) is 6.42 Å². The van der Waals surface area contributed by atoms with Gasteiger partial charge in [-0.1, -0.05) is 0 Å². The highest BCUT2D eigenvalue weighted by atomic mass is 16.5. The summed E-state index contributed by atoms with van der Waals surface area (Å²) in [5.41, 5.74) is 5.30. The molecule has 3 N–H and O–H groups in total. The molecular weight excluding hydrogens is 170 g/mol. The van der Waals surface area contributed by atoms with Gasteiger partial charge in [0.1, 0.15) is 6.04 Å². The zero-order valence-electron chi connectivity index (χ0n) is 7.75. The first-order valence-corrected chi connectivity index (χ1v) is 4.14. The molecule has 0 aromatic heterocycles. The van der Waals surface area contributed by atoms with Crippen molar-refractivity contribution in [2.24, 2.45) is 5.73 Å². The van der Waals surface area contributed by atoms with Crippen LogP contribution in [0.3, 0.4) is 0 Å². The SMILES string of the molecule is COC(=O)C(CCCN)NCC#N. The van der Waals surface area contributed by atoms with Gasteiger partial charge in [0, 0.05) is 0 Å². The highest BCUT2D eigenvalue weighted by Crippen LogP contribution is 1.97. The predicted octanol–water partition coefficient (Wildman–Crippen LogP) is -0.620. The van der Waals surface area contributed by atoms with Gasteiger partial charge in [0.15, 0.2) is 0 Å². The smallest absolute Gasteiger partial charge is 0.322 e. The van der Waals surface area contributed by atoms with Crippen molar-refractivity contribution in [3.63, 3.8) is 0 Å². The maximum atomic E-state index is 11.1. The lowest BCUT2D eigenvalue weighted by atomic mass is 10.1. The Balaban J connectivity index is 3.88. The molecule has 74 valence electrons. The van der Waals surface area contributed by atoms with Crippen LogP contribution in [0.25, 0.3) is 0 Å². The highest BCUT2D eigenvalue weighted by molar-refractivity contribution is 5.75. The number of methoxy groups -OCH3 is 1. The zero-order valence-corrected chi connectivity index (χ0v) is 7.75. The molecule has 0 spiro atoms. The van der Waals surface area contributed by atoms with E-state index < -0.39 is 6.04 Å². The number of esters is 1. The third-order valence-corrected chi connectivity index (χ3v) is 1.61. The molecule has 0 saturated carbocycles. The molecule has 0 amide bonds. The molecule has 0 bridgehead atoms. The summed E-state index contributed by atoms with van der Waals surface area (Å²) in [7, 11) is 1.33. The number of ether oxygens (including phenoxy) is 1. The quantitative estimate of drug-likeness (QED) is 0.425. The second-order valence-corrected chi connectivity index (χ2v) is 2.55. The maximum Gasteiger partial charge on any atom is 0.322 e. The van der Waals surface area contributed by atoms with Crippen molar-refractivity contribution >= 4 is 5.97 Å². The summed E-state index contributed by atoms with van der Waals surface area (Å²) in [6.07, 6.45) is 1.34. The minimum absolute atomic E-state index is 0.143. The van der Waals surface area contributed by atoms with Crippen molar-refractivity contribution < 1.29 is 9.53 Å². The van der Waals surface area contributed by atoms with E-state index in [0.29, 0.717) is 13.0 Å². The average molecular weight is 185 g/mol. The molecule has 0 aliphatic carbocycles. The number of nitriles is 1. The molecule has 0 aromatic rings. The molecule has 0 radical (unpaired) electrons. The summed E-state index contributed by atoms with van der Waals surface area (Å²) in [4.78, 5) is 11.1.